The smallest absolute Gasteiger partial charge is 0.255 e. The molecule has 0 bridgehead atoms. The first-order chi connectivity index (χ1) is 14.4. The number of hydrogen-bond donors (Lipinski definition) is 0. The van der Waals surface area contributed by atoms with Crippen LogP contribution in [-0.4, -0.2) is 35.5 Å². The molecule has 156 valence electrons. The van der Waals surface area contributed by atoms with Gasteiger partial charge in [0.05, 0.1) is 6.17 Å². The minimum atomic E-state index is 0.0885. The van der Waals surface area contributed by atoms with Gasteiger partial charge in [-0.25, -0.2) is 0 Å². The third-order valence-corrected chi connectivity index (χ3v) is 6.75. The largest absolute Gasteiger partial charge is 0.323 e. The fraction of sp³-hybridized carbons (Fsp3) is 0.370. The number of nitrogens with zero attached hydrogens (tertiary/aromatic N) is 2. The standard InChI is InChI=1S/C27H32N2O/c1-6-26(29-14-13-22-15-19(3)20(4)16-24(22)27(29)30)28(5)17-25-18(2)11-12-21-9-7-8-10-23(21)25/h7-12,15-16,26H,6,13-14,17H2,1-5H3. The van der Waals surface area contributed by atoms with Gasteiger partial charge in [0.2, 0.25) is 0 Å². The molecular weight excluding hydrogens is 368 g/mol. The van der Waals surface area contributed by atoms with Crippen LogP contribution in [0.2, 0.25) is 0 Å². The number of carbonyl (C=O) groups excluding carboxylic acids is 1. The highest BCUT2D eigenvalue weighted by atomic mass is 16.2. The van der Waals surface area contributed by atoms with Gasteiger partial charge in [0.25, 0.3) is 5.91 Å². The summed E-state index contributed by atoms with van der Waals surface area (Å²) in [6.45, 7) is 10.2. The summed E-state index contributed by atoms with van der Waals surface area (Å²) in [5.41, 5.74) is 7.20. The Morgan fingerprint density at radius 2 is 1.73 bits per heavy atom. The fourth-order valence-corrected chi connectivity index (χ4v) is 4.84. The molecule has 0 aliphatic carbocycles. The summed E-state index contributed by atoms with van der Waals surface area (Å²) in [7, 11) is 2.15. The van der Waals surface area contributed by atoms with Crippen molar-refractivity contribution in [1.29, 1.82) is 0 Å². The molecule has 0 aromatic heterocycles. The van der Waals surface area contributed by atoms with E-state index in [4.69, 9.17) is 0 Å². The van der Waals surface area contributed by atoms with Crippen LogP contribution in [0.5, 0.6) is 0 Å². The molecule has 0 saturated carbocycles. The molecule has 0 fully saturated rings. The molecule has 3 nitrogen and oxygen atoms in total. The second-order valence-corrected chi connectivity index (χ2v) is 8.73. The predicted octanol–water partition coefficient (Wildman–Crippen LogP) is 5.63. The normalized spacial score (nSPS) is 15.0. The Kier molecular flexibility index (Phi) is 5.66. The van der Waals surface area contributed by atoms with Crippen LogP contribution in [0.25, 0.3) is 10.8 Å². The van der Waals surface area contributed by atoms with Crippen LogP contribution in [0.15, 0.2) is 48.5 Å². The number of aryl methyl sites for hydroxylation is 3. The maximum atomic E-state index is 13.4. The summed E-state index contributed by atoms with van der Waals surface area (Å²) in [4.78, 5) is 17.8. The van der Waals surface area contributed by atoms with Gasteiger partial charge in [0.15, 0.2) is 0 Å². The number of rotatable bonds is 5. The lowest BCUT2D eigenvalue weighted by Crippen LogP contribution is -2.51. The number of benzene rings is 3. The number of amides is 1. The molecule has 1 heterocycles. The van der Waals surface area contributed by atoms with Gasteiger partial charge in [0, 0.05) is 18.7 Å². The lowest BCUT2D eigenvalue weighted by molar-refractivity contribution is 0.0332. The number of hydrogen-bond acceptors (Lipinski definition) is 2. The minimum absolute atomic E-state index is 0.0885. The molecule has 30 heavy (non-hydrogen) atoms. The summed E-state index contributed by atoms with van der Waals surface area (Å²) in [6.07, 6.45) is 1.93. The zero-order chi connectivity index (χ0) is 21.4. The molecule has 1 amide bonds. The Bertz CT molecular complexity index is 1100. The Morgan fingerprint density at radius 3 is 2.50 bits per heavy atom. The lowest BCUT2D eigenvalue weighted by atomic mass is 9.93. The first-order valence-corrected chi connectivity index (χ1v) is 11.0. The second kappa shape index (κ2) is 8.23. The molecule has 0 spiro atoms. The Morgan fingerprint density at radius 1 is 1.00 bits per heavy atom. The average Bonchev–Trinajstić information content (AvgIpc) is 2.74. The Balaban J connectivity index is 1.62. The van der Waals surface area contributed by atoms with Crippen LogP contribution in [0, 0.1) is 20.8 Å². The lowest BCUT2D eigenvalue weighted by Gasteiger charge is -2.40. The molecular formula is C27H32N2O. The van der Waals surface area contributed by atoms with Gasteiger partial charge in [-0.2, -0.15) is 0 Å². The van der Waals surface area contributed by atoms with Crippen molar-refractivity contribution in [1.82, 2.24) is 9.80 Å². The molecule has 1 aliphatic heterocycles. The Hall–Kier alpha value is -2.65. The van der Waals surface area contributed by atoms with Crippen LogP contribution in [0.4, 0.5) is 0 Å². The van der Waals surface area contributed by atoms with Crippen LogP contribution in [0.1, 0.15) is 51.5 Å². The van der Waals surface area contributed by atoms with Gasteiger partial charge >= 0.3 is 0 Å². The van der Waals surface area contributed by atoms with E-state index in [2.05, 4.69) is 93.1 Å². The molecule has 3 aromatic carbocycles. The predicted molar refractivity (Wildman–Crippen MR) is 125 cm³/mol. The van der Waals surface area contributed by atoms with Gasteiger partial charge in [-0.05, 0) is 85.3 Å². The van der Waals surface area contributed by atoms with Crippen molar-refractivity contribution < 1.29 is 4.79 Å². The average molecular weight is 401 g/mol. The number of carbonyl (C=O) groups is 1. The van der Waals surface area contributed by atoms with Crippen LogP contribution in [0.3, 0.4) is 0 Å². The monoisotopic (exact) mass is 400 g/mol. The molecule has 1 aliphatic rings. The SMILES string of the molecule is CCC(N(C)Cc1c(C)ccc2ccccc12)N1CCc2cc(C)c(C)cc2C1=O. The van der Waals surface area contributed by atoms with E-state index in [1.165, 1.54) is 38.6 Å². The molecule has 0 saturated heterocycles. The summed E-state index contributed by atoms with van der Waals surface area (Å²) in [6, 6.07) is 17.3. The second-order valence-electron chi connectivity index (χ2n) is 8.73. The number of fused-ring (bicyclic) bond motifs is 2. The molecule has 0 radical (unpaired) electrons. The topological polar surface area (TPSA) is 23.6 Å². The van der Waals surface area contributed by atoms with E-state index in [0.717, 1.165) is 31.5 Å². The van der Waals surface area contributed by atoms with Crippen molar-refractivity contribution in [2.45, 2.75) is 53.2 Å². The summed E-state index contributed by atoms with van der Waals surface area (Å²) in [5, 5.41) is 2.58. The molecule has 4 rings (SSSR count). The highest BCUT2D eigenvalue weighted by Crippen LogP contribution is 2.28. The molecule has 0 N–H and O–H groups in total. The van der Waals surface area contributed by atoms with E-state index >= 15 is 0 Å². The van der Waals surface area contributed by atoms with Gasteiger partial charge in [-0.3, -0.25) is 9.69 Å². The van der Waals surface area contributed by atoms with Crippen molar-refractivity contribution in [3.8, 4) is 0 Å². The van der Waals surface area contributed by atoms with Crippen LogP contribution in [-0.2, 0) is 13.0 Å². The highest BCUT2D eigenvalue weighted by molar-refractivity contribution is 5.97. The van der Waals surface area contributed by atoms with Gasteiger partial charge in [-0.1, -0.05) is 49.4 Å². The quantitative estimate of drug-likeness (QED) is 0.554. The molecule has 1 atom stereocenters. The molecule has 3 heteroatoms. The fourth-order valence-electron chi connectivity index (χ4n) is 4.84. The maximum Gasteiger partial charge on any atom is 0.255 e. The molecule has 1 unspecified atom stereocenters. The van der Waals surface area contributed by atoms with E-state index in [1.54, 1.807) is 0 Å². The van der Waals surface area contributed by atoms with Crippen molar-refractivity contribution in [2.24, 2.45) is 0 Å². The van der Waals surface area contributed by atoms with Crippen molar-refractivity contribution in [3.63, 3.8) is 0 Å². The van der Waals surface area contributed by atoms with E-state index in [0.29, 0.717) is 0 Å². The third-order valence-electron chi connectivity index (χ3n) is 6.75. The van der Waals surface area contributed by atoms with Gasteiger partial charge in [-0.15, -0.1) is 0 Å². The third kappa shape index (κ3) is 3.63. The summed E-state index contributed by atoms with van der Waals surface area (Å²) in [5.74, 6) is 0.174. The van der Waals surface area contributed by atoms with E-state index < -0.39 is 0 Å². The summed E-state index contributed by atoms with van der Waals surface area (Å²) < 4.78 is 0. The van der Waals surface area contributed by atoms with Crippen molar-refractivity contribution >= 4 is 16.7 Å². The van der Waals surface area contributed by atoms with Crippen molar-refractivity contribution in [2.75, 3.05) is 13.6 Å². The minimum Gasteiger partial charge on any atom is -0.323 e. The summed E-state index contributed by atoms with van der Waals surface area (Å²) >= 11 is 0. The zero-order valence-electron chi connectivity index (χ0n) is 18.8. The first kappa shape index (κ1) is 20.6. The first-order valence-electron chi connectivity index (χ1n) is 11.0. The van der Waals surface area contributed by atoms with Gasteiger partial charge < -0.3 is 4.90 Å². The van der Waals surface area contributed by atoms with E-state index in [-0.39, 0.29) is 12.1 Å². The zero-order valence-corrected chi connectivity index (χ0v) is 18.8. The van der Waals surface area contributed by atoms with Crippen molar-refractivity contribution in [3.05, 3.63) is 81.9 Å². The maximum absolute atomic E-state index is 13.4. The Labute approximate surface area is 180 Å². The van der Waals surface area contributed by atoms with Gasteiger partial charge in [0.1, 0.15) is 0 Å². The van der Waals surface area contributed by atoms with Crippen LogP contribution < -0.4 is 0 Å². The molecule has 3 aromatic rings. The highest BCUT2D eigenvalue weighted by Gasteiger charge is 2.31. The van der Waals surface area contributed by atoms with Crippen LogP contribution >= 0.6 is 0 Å². The van der Waals surface area contributed by atoms with E-state index in [9.17, 15) is 4.79 Å². The van der Waals surface area contributed by atoms with E-state index in [1.807, 2.05) is 0 Å².